The van der Waals surface area contributed by atoms with Gasteiger partial charge >= 0.3 is 0 Å². The molecule has 1 saturated heterocycles. The molecule has 16 heavy (non-hydrogen) atoms. The largest absolute Gasteiger partial charge is 0.355 e. The number of thioether (sulfide) groups is 2. The number of hydrogen-bond donors (Lipinski definition) is 2. The van der Waals surface area contributed by atoms with Gasteiger partial charge in [-0.15, -0.1) is 6.58 Å². The fourth-order valence-electron chi connectivity index (χ4n) is 1.48. The van der Waals surface area contributed by atoms with E-state index in [2.05, 4.69) is 17.2 Å². The minimum atomic E-state index is 0.166. The summed E-state index contributed by atoms with van der Waals surface area (Å²) < 4.78 is 0. The fourth-order valence-corrected chi connectivity index (χ4v) is 3.00. The minimum absolute atomic E-state index is 0.166. The second kappa shape index (κ2) is 8.96. The van der Waals surface area contributed by atoms with Crippen molar-refractivity contribution in [1.29, 1.82) is 0 Å². The molecule has 0 bridgehead atoms. The summed E-state index contributed by atoms with van der Waals surface area (Å²) in [7, 11) is 0. The molecule has 0 saturated carbocycles. The highest BCUT2D eigenvalue weighted by Crippen LogP contribution is 2.09. The Morgan fingerprint density at radius 3 is 3.25 bits per heavy atom. The molecule has 0 aromatic heterocycles. The summed E-state index contributed by atoms with van der Waals surface area (Å²) >= 11 is 3.71. The fraction of sp³-hybridized carbons (Fsp3) is 0.727. The molecule has 92 valence electrons. The highest BCUT2D eigenvalue weighted by molar-refractivity contribution is 7.99. The van der Waals surface area contributed by atoms with Gasteiger partial charge in [-0.1, -0.05) is 6.08 Å². The maximum Gasteiger partial charge on any atom is 0.221 e. The third-order valence-electron chi connectivity index (χ3n) is 2.23. The Labute approximate surface area is 106 Å². The number of carbonyl (C=O) groups is 1. The average molecular weight is 260 g/mol. The van der Waals surface area contributed by atoms with E-state index in [9.17, 15) is 4.79 Å². The van der Waals surface area contributed by atoms with Crippen molar-refractivity contribution in [3.8, 4) is 0 Å². The summed E-state index contributed by atoms with van der Waals surface area (Å²) in [5.41, 5.74) is 0. The van der Waals surface area contributed by atoms with Crippen molar-refractivity contribution >= 4 is 29.4 Å². The van der Waals surface area contributed by atoms with Crippen LogP contribution in [0.1, 0.15) is 6.42 Å². The predicted octanol–water partition coefficient (Wildman–Crippen LogP) is 1.12. The SMILES string of the molecule is C=CCSCCNC(=O)CC1CSCCN1. The Morgan fingerprint density at radius 1 is 1.69 bits per heavy atom. The van der Waals surface area contributed by atoms with Crippen LogP contribution in [0.25, 0.3) is 0 Å². The van der Waals surface area contributed by atoms with Crippen LogP contribution in [0, 0.1) is 0 Å². The van der Waals surface area contributed by atoms with E-state index in [4.69, 9.17) is 0 Å². The van der Waals surface area contributed by atoms with Crippen molar-refractivity contribution in [3.05, 3.63) is 12.7 Å². The zero-order valence-corrected chi connectivity index (χ0v) is 11.2. The summed E-state index contributed by atoms with van der Waals surface area (Å²) in [5, 5.41) is 6.31. The number of nitrogens with one attached hydrogen (secondary N) is 2. The van der Waals surface area contributed by atoms with E-state index in [0.29, 0.717) is 12.5 Å². The molecular weight excluding hydrogens is 240 g/mol. The highest BCUT2D eigenvalue weighted by atomic mass is 32.2. The van der Waals surface area contributed by atoms with Crippen LogP contribution < -0.4 is 10.6 Å². The van der Waals surface area contributed by atoms with E-state index < -0.39 is 0 Å². The average Bonchev–Trinajstić information content (AvgIpc) is 2.30. The molecule has 0 aromatic rings. The molecule has 1 aliphatic heterocycles. The minimum Gasteiger partial charge on any atom is -0.355 e. The van der Waals surface area contributed by atoms with Crippen LogP contribution in [0.3, 0.4) is 0 Å². The van der Waals surface area contributed by atoms with Crippen LogP contribution in [-0.2, 0) is 4.79 Å². The van der Waals surface area contributed by atoms with E-state index >= 15 is 0 Å². The van der Waals surface area contributed by atoms with Gasteiger partial charge < -0.3 is 10.6 Å². The molecule has 0 aliphatic carbocycles. The molecule has 0 aromatic carbocycles. The molecule has 0 radical (unpaired) electrons. The summed E-state index contributed by atoms with van der Waals surface area (Å²) in [5.74, 6) is 4.30. The van der Waals surface area contributed by atoms with Gasteiger partial charge in [0.2, 0.25) is 5.91 Å². The Balaban J connectivity index is 1.99. The Kier molecular flexibility index (Phi) is 7.80. The molecule has 3 nitrogen and oxygen atoms in total. The monoisotopic (exact) mass is 260 g/mol. The molecule has 0 spiro atoms. The number of rotatable bonds is 7. The number of hydrogen-bond acceptors (Lipinski definition) is 4. The van der Waals surface area contributed by atoms with Crippen LogP contribution in [-0.4, -0.2) is 48.0 Å². The maximum atomic E-state index is 11.6. The number of amides is 1. The van der Waals surface area contributed by atoms with Crippen LogP contribution in [0.5, 0.6) is 0 Å². The zero-order valence-electron chi connectivity index (χ0n) is 9.54. The molecular formula is C11H20N2OS2. The standard InChI is InChI=1S/C11H20N2OS2/c1-2-5-15-6-4-13-11(14)8-10-9-16-7-3-12-10/h2,10,12H,1,3-9H2,(H,13,14). The molecule has 1 fully saturated rings. The first-order valence-corrected chi connectivity index (χ1v) is 7.90. The first-order valence-electron chi connectivity index (χ1n) is 5.59. The van der Waals surface area contributed by atoms with Gasteiger partial charge in [-0.25, -0.2) is 0 Å². The van der Waals surface area contributed by atoms with Crippen LogP contribution in [0.15, 0.2) is 12.7 Å². The van der Waals surface area contributed by atoms with E-state index in [1.165, 1.54) is 0 Å². The van der Waals surface area contributed by atoms with E-state index in [1.54, 1.807) is 11.8 Å². The van der Waals surface area contributed by atoms with Gasteiger partial charge in [-0.05, 0) is 0 Å². The molecule has 2 N–H and O–H groups in total. The second-order valence-electron chi connectivity index (χ2n) is 3.64. The molecule has 1 rings (SSSR count). The summed E-state index contributed by atoms with van der Waals surface area (Å²) in [6, 6.07) is 0.361. The predicted molar refractivity (Wildman–Crippen MR) is 74.3 cm³/mol. The Hall–Kier alpha value is -0.130. The second-order valence-corrected chi connectivity index (χ2v) is 5.94. The lowest BCUT2D eigenvalue weighted by Crippen LogP contribution is -2.41. The van der Waals surface area contributed by atoms with Gasteiger partial charge in [0.15, 0.2) is 0 Å². The van der Waals surface area contributed by atoms with Crippen LogP contribution in [0.2, 0.25) is 0 Å². The van der Waals surface area contributed by atoms with Crippen molar-refractivity contribution in [2.45, 2.75) is 12.5 Å². The first-order chi connectivity index (χ1) is 7.83. The van der Waals surface area contributed by atoms with Crippen molar-refractivity contribution < 1.29 is 4.79 Å². The highest BCUT2D eigenvalue weighted by Gasteiger charge is 2.15. The Bertz CT molecular complexity index is 218. The maximum absolute atomic E-state index is 11.6. The third kappa shape index (κ3) is 6.45. The van der Waals surface area contributed by atoms with E-state index in [1.807, 2.05) is 17.8 Å². The van der Waals surface area contributed by atoms with Gasteiger partial charge in [-0.2, -0.15) is 23.5 Å². The van der Waals surface area contributed by atoms with E-state index in [0.717, 1.165) is 36.1 Å². The van der Waals surface area contributed by atoms with Crippen LogP contribution >= 0.6 is 23.5 Å². The van der Waals surface area contributed by atoms with Crippen molar-refractivity contribution in [1.82, 2.24) is 10.6 Å². The lowest BCUT2D eigenvalue weighted by molar-refractivity contribution is -0.121. The molecule has 5 heteroatoms. The zero-order chi connectivity index (χ0) is 11.6. The summed E-state index contributed by atoms with van der Waals surface area (Å²) in [6.45, 7) is 5.44. The summed E-state index contributed by atoms with van der Waals surface area (Å²) in [6.07, 6.45) is 2.49. The van der Waals surface area contributed by atoms with Gasteiger partial charge in [-0.3, -0.25) is 4.79 Å². The smallest absolute Gasteiger partial charge is 0.221 e. The summed E-state index contributed by atoms with van der Waals surface area (Å²) in [4.78, 5) is 11.6. The first kappa shape index (κ1) is 13.9. The van der Waals surface area contributed by atoms with Crippen molar-refractivity contribution in [2.24, 2.45) is 0 Å². The van der Waals surface area contributed by atoms with Crippen molar-refractivity contribution in [2.75, 3.05) is 36.1 Å². The third-order valence-corrected chi connectivity index (χ3v) is 4.33. The van der Waals surface area contributed by atoms with Crippen LogP contribution in [0.4, 0.5) is 0 Å². The van der Waals surface area contributed by atoms with Gasteiger partial charge in [0.25, 0.3) is 0 Å². The lowest BCUT2D eigenvalue weighted by atomic mass is 10.2. The topological polar surface area (TPSA) is 41.1 Å². The molecule has 1 amide bonds. The van der Waals surface area contributed by atoms with Gasteiger partial charge in [0.1, 0.15) is 0 Å². The number of carbonyl (C=O) groups excluding carboxylic acids is 1. The van der Waals surface area contributed by atoms with Gasteiger partial charge in [0.05, 0.1) is 0 Å². The van der Waals surface area contributed by atoms with Gasteiger partial charge in [0, 0.05) is 48.6 Å². The van der Waals surface area contributed by atoms with Crippen molar-refractivity contribution in [3.63, 3.8) is 0 Å². The molecule has 1 unspecified atom stereocenters. The molecule has 1 atom stereocenters. The molecule has 1 heterocycles. The quantitative estimate of drug-likeness (QED) is 0.532. The normalized spacial score (nSPS) is 20.4. The van der Waals surface area contributed by atoms with E-state index in [-0.39, 0.29) is 5.91 Å². The molecule has 1 aliphatic rings. The Morgan fingerprint density at radius 2 is 2.56 bits per heavy atom. The lowest BCUT2D eigenvalue weighted by Gasteiger charge is -2.22.